The fourth-order valence-electron chi connectivity index (χ4n) is 2.35. The smallest absolute Gasteiger partial charge is 0.285 e. The molecule has 1 fully saturated rings. The van der Waals surface area contributed by atoms with Gasteiger partial charge in [0.1, 0.15) is 5.69 Å². The Hall–Kier alpha value is -2.31. The van der Waals surface area contributed by atoms with E-state index in [0.717, 1.165) is 4.90 Å². The number of hydrogen-bond acceptors (Lipinski definition) is 4. The van der Waals surface area contributed by atoms with E-state index in [1.807, 2.05) is 5.32 Å². The molecule has 0 spiro atoms. The Bertz CT molecular complexity index is 604. The van der Waals surface area contributed by atoms with E-state index in [1.165, 1.54) is 6.20 Å². The molecule has 0 aromatic carbocycles. The van der Waals surface area contributed by atoms with Crippen LogP contribution in [-0.4, -0.2) is 33.4 Å². The molecule has 1 aromatic rings. The fourth-order valence-corrected chi connectivity index (χ4v) is 2.35. The predicted octanol–water partition coefficient (Wildman–Crippen LogP) is 0.140. The molecule has 2 aliphatic rings. The summed E-state index contributed by atoms with van der Waals surface area (Å²) in [4.78, 5) is 39.6. The van der Waals surface area contributed by atoms with Crippen LogP contribution >= 0.6 is 0 Å². The molecule has 1 unspecified atom stereocenters. The van der Waals surface area contributed by atoms with Gasteiger partial charge in [-0.1, -0.05) is 6.07 Å². The van der Waals surface area contributed by atoms with E-state index in [9.17, 15) is 18.8 Å². The first kappa shape index (κ1) is 11.8. The molecule has 98 valence electrons. The van der Waals surface area contributed by atoms with E-state index < -0.39 is 23.5 Å². The number of amides is 3. The molecule has 2 aliphatic heterocycles. The minimum Gasteiger partial charge on any atom is -0.292 e. The maximum absolute atomic E-state index is 14.8. The lowest BCUT2D eigenvalue weighted by Crippen LogP contribution is -2.60. The van der Waals surface area contributed by atoms with Gasteiger partial charge in [0.05, 0.1) is 6.54 Å². The van der Waals surface area contributed by atoms with E-state index >= 15 is 0 Å². The van der Waals surface area contributed by atoms with Crippen LogP contribution in [0.4, 0.5) is 4.39 Å². The number of halogens is 1. The van der Waals surface area contributed by atoms with Gasteiger partial charge in [-0.05, 0) is 6.07 Å². The molecular weight excluding hydrogens is 253 g/mol. The van der Waals surface area contributed by atoms with E-state index in [4.69, 9.17) is 0 Å². The number of imide groups is 1. The third kappa shape index (κ3) is 1.61. The lowest BCUT2D eigenvalue weighted by molar-refractivity contribution is -0.154. The summed E-state index contributed by atoms with van der Waals surface area (Å²) in [6.07, 6.45) is 0.989. The summed E-state index contributed by atoms with van der Waals surface area (Å²) in [5.41, 5.74) is 0.735. The summed E-state index contributed by atoms with van der Waals surface area (Å²) in [6, 6.07) is 3.31. The van der Waals surface area contributed by atoms with Crippen LogP contribution in [0.1, 0.15) is 28.9 Å². The maximum atomic E-state index is 14.8. The maximum Gasteiger partial charge on any atom is 0.285 e. The largest absolute Gasteiger partial charge is 0.292 e. The molecule has 3 rings (SSSR count). The number of aromatic nitrogens is 1. The number of nitrogens with zero attached hydrogens (tertiary/aromatic N) is 2. The van der Waals surface area contributed by atoms with Gasteiger partial charge in [0, 0.05) is 24.6 Å². The normalized spacial score (nSPS) is 26.4. The number of piperidine rings is 1. The second-order valence-corrected chi connectivity index (χ2v) is 4.54. The van der Waals surface area contributed by atoms with Crippen LogP contribution in [-0.2, 0) is 16.1 Å². The zero-order valence-corrected chi connectivity index (χ0v) is 9.85. The van der Waals surface area contributed by atoms with Crippen LogP contribution in [0, 0.1) is 0 Å². The van der Waals surface area contributed by atoms with Crippen molar-refractivity contribution < 1.29 is 18.8 Å². The van der Waals surface area contributed by atoms with Crippen molar-refractivity contribution in [1.82, 2.24) is 15.2 Å². The van der Waals surface area contributed by atoms with Crippen LogP contribution in [0.25, 0.3) is 0 Å². The number of alkyl halides is 1. The van der Waals surface area contributed by atoms with E-state index in [1.54, 1.807) is 12.1 Å². The van der Waals surface area contributed by atoms with Crippen LogP contribution in [0.3, 0.4) is 0 Å². The quantitative estimate of drug-likeness (QED) is 0.577. The summed E-state index contributed by atoms with van der Waals surface area (Å²) >= 11 is 0. The Morgan fingerprint density at radius 2 is 2.16 bits per heavy atom. The van der Waals surface area contributed by atoms with Gasteiger partial charge >= 0.3 is 0 Å². The molecule has 1 aromatic heterocycles. The van der Waals surface area contributed by atoms with Crippen molar-refractivity contribution in [1.29, 1.82) is 0 Å². The van der Waals surface area contributed by atoms with Crippen molar-refractivity contribution in [2.75, 3.05) is 0 Å². The Labute approximate surface area is 107 Å². The molecule has 1 N–H and O–H groups in total. The number of rotatable bonds is 1. The average Bonchev–Trinajstić information content (AvgIpc) is 2.73. The molecule has 1 atom stereocenters. The summed E-state index contributed by atoms with van der Waals surface area (Å²) < 4.78 is 14.8. The average molecular weight is 263 g/mol. The molecule has 19 heavy (non-hydrogen) atoms. The third-order valence-corrected chi connectivity index (χ3v) is 3.38. The van der Waals surface area contributed by atoms with Gasteiger partial charge in [-0.2, -0.15) is 0 Å². The highest BCUT2D eigenvalue weighted by Crippen LogP contribution is 2.34. The summed E-state index contributed by atoms with van der Waals surface area (Å²) in [7, 11) is 0. The van der Waals surface area contributed by atoms with Crippen molar-refractivity contribution in [2.45, 2.75) is 25.2 Å². The molecule has 1 saturated heterocycles. The first-order valence-corrected chi connectivity index (χ1v) is 5.81. The third-order valence-electron chi connectivity index (χ3n) is 3.38. The summed E-state index contributed by atoms with van der Waals surface area (Å²) in [5.74, 6) is -4.71. The molecular formula is C12H10FN3O3. The number of carbonyl (C=O) groups excluding carboxylic acids is 3. The van der Waals surface area contributed by atoms with Gasteiger partial charge < -0.3 is 0 Å². The molecule has 3 amide bonds. The first-order valence-electron chi connectivity index (χ1n) is 5.81. The highest BCUT2D eigenvalue weighted by molar-refractivity contribution is 6.06. The minimum absolute atomic E-state index is 0.0138. The van der Waals surface area contributed by atoms with Gasteiger partial charge in [0.2, 0.25) is 5.91 Å². The Balaban J connectivity index is 1.95. The molecule has 3 heterocycles. The predicted molar refractivity (Wildman–Crippen MR) is 60.3 cm³/mol. The SMILES string of the molecule is O=C1CCC(F)(N2Cc3cccnc3C2=O)C(=O)N1. The highest BCUT2D eigenvalue weighted by Gasteiger charge is 2.53. The lowest BCUT2D eigenvalue weighted by atomic mass is 10.0. The van der Waals surface area contributed by atoms with Crippen molar-refractivity contribution in [3.05, 3.63) is 29.6 Å². The molecule has 0 aliphatic carbocycles. The van der Waals surface area contributed by atoms with Crippen molar-refractivity contribution in [2.24, 2.45) is 0 Å². The Morgan fingerprint density at radius 3 is 2.84 bits per heavy atom. The van der Waals surface area contributed by atoms with E-state index in [-0.39, 0.29) is 25.1 Å². The van der Waals surface area contributed by atoms with E-state index in [0.29, 0.717) is 5.56 Å². The first-order chi connectivity index (χ1) is 9.02. The molecule has 7 heteroatoms. The minimum atomic E-state index is -2.48. The summed E-state index contributed by atoms with van der Waals surface area (Å²) in [6.45, 7) is -0.0138. The second kappa shape index (κ2) is 3.84. The number of fused-ring (bicyclic) bond motifs is 1. The van der Waals surface area contributed by atoms with E-state index in [2.05, 4.69) is 4.98 Å². The van der Waals surface area contributed by atoms with Crippen molar-refractivity contribution in [3.8, 4) is 0 Å². The molecule has 0 bridgehead atoms. The second-order valence-electron chi connectivity index (χ2n) is 4.54. The van der Waals surface area contributed by atoms with Crippen LogP contribution < -0.4 is 5.32 Å². The Morgan fingerprint density at radius 1 is 1.37 bits per heavy atom. The molecule has 0 saturated carbocycles. The van der Waals surface area contributed by atoms with Crippen LogP contribution in [0.15, 0.2) is 18.3 Å². The lowest BCUT2D eigenvalue weighted by Gasteiger charge is -2.35. The zero-order valence-electron chi connectivity index (χ0n) is 9.85. The van der Waals surface area contributed by atoms with Crippen molar-refractivity contribution >= 4 is 17.7 Å². The van der Waals surface area contributed by atoms with Gasteiger partial charge in [0.25, 0.3) is 17.6 Å². The number of pyridine rings is 1. The standard InChI is InChI=1S/C12H10FN3O3/c13-12(4-3-8(17)15-11(12)19)16-6-7-2-1-5-14-9(7)10(16)18/h1-2,5H,3-4,6H2,(H,15,17,19). The van der Waals surface area contributed by atoms with Gasteiger partial charge in [-0.3, -0.25) is 29.6 Å². The van der Waals surface area contributed by atoms with Gasteiger partial charge in [-0.25, -0.2) is 4.39 Å². The molecule has 0 radical (unpaired) electrons. The monoisotopic (exact) mass is 263 g/mol. The van der Waals surface area contributed by atoms with Gasteiger partial charge in [0.15, 0.2) is 0 Å². The van der Waals surface area contributed by atoms with Crippen LogP contribution in [0.2, 0.25) is 0 Å². The van der Waals surface area contributed by atoms with Gasteiger partial charge in [-0.15, -0.1) is 0 Å². The number of nitrogens with one attached hydrogen (secondary N) is 1. The summed E-state index contributed by atoms with van der Waals surface area (Å²) in [5, 5.41) is 1.93. The van der Waals surface area contributed by atoms with Crippen molar-refractivity contribution in [3.63, 3.8) is 0 Å². The Kier molecular flexibility index (Phi) is 2.38. The number of carbonyl (C=O) groups is 3. The molecule has 6 nitrogen and oxygen atoms in total. The fraction of sp³-hybridized carbons (Fsp3) is 0.333. The number of hydrogen-bond donors (Lipinski definition) is 1. The zero-order chi connectivity index (χ0) is 13.6. The van der Waals surface area contributed by atoms with Crippen LogP contribution in [0.5, 0.6) is 0 Å². The highest BCUT2D eigenvalue weighted by atomic mass is 19.1. The topological polar surface area (TPSA) is 79.4 Å².